The first-order chi connectivity index (χ1) is 12.8. The maximum absolute atomic E-state index is 13.1. The number of piperidine rings is 1. The van der Waals surface area contributed by atoms with Crippen molar-refractivity contribution in [3.05, 3.63) is 40.7 Å². The molecule has 27 heavy (non-hydrogen) atoms. The van der Waals surface area contributed by atoms with E-state index in [0.29, 0.717) is 23.4 Å². The van der Waals surface area contributed by atoms with Crippen molar-refractivity contribution in [2.75, 3.05) is 13.1 Å². The Labute approximate surface area is 155 Å². The lowest BCUT2D eigenvalue weighted by Crippen LogP contribution is -2.35. The van der Waals surface area contributed by atoms with Crippen molar-refractivity contribution < 1.29 is 18.0 Å². The molecule has 1 saturated heterocycles. The number of aryl methyl sites for hydroxylation is 2. The lowest BCUT2D eigenvalue weighted by atomic mass is 9.99. The van der Waals surface area contributed by atoms with Crippen molar-refractivity contribution in [3.8, 4) is 0 Å². The molecule has 0 N–H and O–H groups in total. The first-order valence-electron chi connectivity index (χ1n) is 9.04. The van der Waals surface area contributed by atoms with E-state index in [-0.39, 0.29) is 18.9 Å². The van der Waals surface area contributed by atoms with Gasteiger partial charge in [0.15, 0.2) is 5.82 Å². The van der Waals surface area contributed by atoms with Crippen LogP contribution in [0, 0.1) is 6.92 Å². The summed E-state index contributed by atoms with van der Waals surface area (Å²) in [4.78, 5) is 15.5. The minimum atomic E-state index is -4.43. The average molecular weight is 381 g/mol. The third-order valence-corrected chi connectivity index (χ3v) is 4.72. The Morgan fingerprint density at radius 1 is 1.15 bits per heavy atom. The molecule has 1 aromatic carbocycles. The van der Waals surface area contributed by atoms with Crippen LogP contribution in [-0.2, 0) is 23.9 Å². The van der Waals surface area contributed by atoms with Crippen LogP contribution in [0.4, 0.5) is 13.2 Å². The minimum absolute atomic E-state index is 0.0512. The normalized spacial score (nSPS) is 15.2. The first-order valence-corrected chi connectivity index (χ1v) is 9.04. The smallest absolute Gasteiger partial charge is 0.343 e. The fourth-order valence-corrected chi connectivity index (χ4v) is 3.28. The average Bonchev–Trinajstić information content (AvgIpc) is 3.05. The van der Waals surface area contributed by atoms with Gasteiger partial charge in [0.1, 0.15) is 0 Å². The molecule has 6 nitrogen and oxygen atoms in total. The zero-order chi connectivity index (χ0) is 19.4. The number of hydrogen-bond acceptors (Lipinski definition) is 4. The second-order valence-electron chi connectivity index (χ2n) is 6.79. The number of nitrogens with zero attached hydrogens (tertiary/aromatic N) is 5. The predicted molar refractivity (Wildman–Crippen MR) is 91.9 cm³/mol. The lowest BCUT2D eigenvalue weighted by Gasteiger charge is -2.26. The number of aromatic nitrogens is 4. The summed E-state index contributed by atoms with van der Waals surface area (Å²) >= 11 is 0. The van der Waals surface area contributed by atoms with Crippen LogP contribution < -0.4 is 0 Å². The zero-order valence-corrected chi connectivity index (χ0v) is 15.2. The van der Waals surface area contributed by atoms with Crippen LogP contribution in [0.15, 0.2) is 18.2 Å². The first kappa shape index (κ1) is 19.3. The van der Waals surface area contributed by atoms with E-state index in [4.69, 9.17) is 0 Å². The number of alkyl halides is 3. The van der Waals surface area contributed by atoms with E-state index in [0.717, 1.165) is 44.5 Å². The van der Waals surface area contributed by atoms with Crippen LogP contribution in [-0.4, -0.2) is 44.1 Å². The molecule has 0 spiro atoms. The molecule has 1 aliphatic heterocycles. The summed E-state index contributed by atoms with van der Waals surface area (Å²) in [6, 6.07) is 3.62. The summed E-state index contributed by atoms with van der Waals surface area (Å²) in [5.41, 5.74) is 0.428. The van der Waals surface area contributed by atoms with Gasteiger partial charge in [-0.3, -0.25) is 4.79 Å². The predicted octanol–water partition coefficient (Wildman–Crippen LogP) is 2.99. The number of rotatable bonds is 5. The Morgan fingerprint density at radius 3 is 2.52 bits per heavy atom. The second-order valence-corrected chi connectivity index (χ2v) is 6.79. The third-order valence-electron chi connectivity index (χ3n) is 4.72. The van der Waals surface area contributed by atoms with E-state index in [9.17, 15) is 18.0 Å². The number of tetrazole rings is 1. The van der Waals surface area contributed by atoms with Gasteiger partial charge < -0.3 is 4.90 Å². The van der Waals surface area contributed by atoms with E-state index in [2.05, 4.69) is 15.4 Å². The highest BCUT2D eigenvalue weighted by molar-refractivity contribution is 5.76. The van der Waals surface area contributed by atoms with Crippen LogP contribution in [0.5, 0.6) is 0 Å². The number of benzene rings is 1. The number of amides is 1. The minimum Gasteiger partial charge on any atom is -0.343 e. The number of likely N-dealkylation sites (tertiary alicyclic amines) is 1. The molecule has 2 heterocycles. The fraction of sp³-hybridized carbons (Fsp3) is 0.556. The van der Waals surface area contributed by atoms with Crippen molar-refractivity contribution in [1.82, 2.24) is 25.1 Å². The summed E-state index contributed by atoms with van der Waals surface area (Å²) in [5.74, 6) is 0.499. The van der Waals surface area contributed by atoms with Gasteiger partial charge in [-0.2, -0.15) is 18.0 Å². The molecule has 9 heteroatoms. The van der Waals surface area contributed by atoms with Crippen molar-refractivity contribution in [1.29, 1.82) is 0 Å². The second kappa shape index (κ2) is 8.06. The maximum Gasteiger partial charge on any atom is 0.416 e. The molecule has 0 bridgehead atoms. The molecule has 146 valence electrons. The molecular weight excluding hydrogens is 359 g/mol. The van der Waals surface area contributed by atoms with Crippen LogP contribution >= 0.6 is 0 Å². The Bertz CT molecular complexity index is 797. The standard InChI is InChI=1S/C18H22F3N5O/c1-13-22-24-26(23-13)12-15-11-16(18(19,20)21)7-5-14(15)6-8-17(27)25-9-3-2-4-10-25/h5,7,11H,2-4,6,8-10,12H2,1H3. The Morgan fingerprint density at radius 2 is 1.89 bits per heavy atom. The lowest BCUT2D eigenvalue weighted by molar-refractivity contribution is -0.137. The Balaban J connectivity index is 1.77. The van der Waals surface area contributed by atoms with Crippen molar-refractivity contribution in [2.24, 2.45) is 0 Å². The summed E-state index contributed by atoms with van der Waals surface area (Å²) in [6.07, 6.45) is -0.610. The highest BCUT2D eigenvalue weighted by Crippen LogP contribution is 2.31. The molecule has 0 radical (unpaired) electrons. The molecule has 2 aromatic rings. The quantitative estimate of drug-likeness (QED) is 0.799. The maximum atomic E-state index is 13.1. The van der Waals surface area contributed by atoms with Crippen LogP contribution in [0.1, 0.15) is 48.2 Å². The van der Waals surface area contributed by atoms with E-state index < -0.39 is 11.7 Å². The number of halogens is 3. The molecule has 0 unspecified atom stereocenters. The highest BCUT2D eigenvalue weighted by atomic mass is 19.4. The van der Waals surface area contributed by atoms with E-state index in [1.165, 1.54) is 10.9 Å². The molecule has 1 aromatic heterocycles. The van der Waals surface area contributed by atoms with Gasteiger partial charge in [-0.1, -0.05) is 6.07 Å². The van der Waals surface area contributed by atoms with E-state index in [1.54, 1.807) is 6.92 Å². The van der Waals surface area contributed by atoms with Crippen LogP contribution in [0.2, 0.25) is 0 Å². The Kier molecular flexibility index (Phi) is 5.76. The fourth-order valence-electron chi connectivity index (χ4n) is 3.28. The highest BCUT2D eigenvalue weighted by Gasteiger charge is 2.31. The summed E-state index contributed by atoms with van der Waals surface area (Å²) in [6.45, 7) is 3.27. The van der Waals surface area contributed by atoms with Gasteiger partial charge in [-0.25, -0.2) is 0 Å². The van der Waals surface area contributed by atoms with Gasteiger partial charge in [-0.05, 0) is 61.1 Å². The van der Waals surface area contributed by atoms with Gasteiger partial charge in [0.2, 0.25) is 5.91 Å². The molecule has 1 aliphatic rings. The van der Waals surface area contributed by atoms with Gasteiger partial charge in [0.05, 0.1) is 12.1 Å². The van der Waals surface area contributed by atoms with Crippen molar-refractivity contribution in [2.45, 2.75) is 51.7 Å². The van der Waals surface area contributed by atoms with Crippen LogP contribution in [0.3, 0.4) is 0 Å². The number of hydrogen-bond donors (Lipinski definition) is 0. The summed E-state index contributed by atoms with van der Waals surface area (Å²) in [7, 11) is 0. The monoisotopic (exact) mass is 381 g/mol. The molecular formula is C18H22F3N5O. The summed E-state index contributed by atoms with van der Waals surface area (Å²) < 4.78 is 39.3. The molecule has 3 rings (SSSR count). The molecule has 1 fully saturated rings. The molecule has 0 aliphatic carbocycles. The SMILES string of the molecule is Cc1nnn(Cc2cc(C(F)(F)F)ccc2CCC(=O)N2CCCCC2)n1. The van der Waals surface area contributed by atoms with Crippen LogP contribution in [0.25, 0.3) is 0 Å². The zero-order valence-electron chi connectivity index (χ0n) is 15.2. The van der Waals surface area contributed by atoms with Crippen molar-refractivity contribution in [3.63, 3.8) is 0 Å². The molecule has 0 atom stereocenters. The van der Waals surface area contributed by atoms with Crippen molar-refractivity contribution >= 4 is 5.91 Å². The topological polar surface area (TPSA) is 63.9 Å². The molecule has 1 amide bonds. The van der Waals surface area contributed by atoms with E-state index >= 15 is 0 Å². The van der Waals surface area contributed by atoms with Gasteiger partial charge in [0, 0.05) is 19.5 Å². The van der Waals surface area contributed by atoms with Gasteiger partial charge in [-0.15, -0.1) is 10.2 Å². The van der Waals surface area contributed by atoms with E-state index in [1.807, 2.05) is 4.90 Å². The summed E-state index contributed by atoms with van der Waals surface area (Å²) in [5, 5.41) is 11.6. The van der Waals surface area contributed by atoms with Gasteiger partial charge >= 0.3 is 6.18 Å². The molecule has 0 saturated carbocycles. The number of carbonyl (C=O) groups excluding carboxylic acids is 1. The largest absolute Gasteiger partial charge is 0.416 e. The Hall–Kier alpha value is -2.45. The third kappa shape index (κ3) is 5.05. The van der Waals surface area contributed by atoms with Gasteiger partial charge in [0.25, 0.3) is 0 Å². The number of carbonyl (C=O) groups is 1.